The van der Waals surface area contributed by atoms with E-state index >= 15 is 0 Å². The molecule has 1 aliphatic heterocycles. The Labute approximate surface area is 180 Å². The fourth-order valence-electron chi connectivity index (χ4n) is 4.01. The van der Waals surface area contributed by atoms with Gasteiger partial charge in [-0.2, -0.15) is 5.10 Å². The topological polar surface area (TPSA) is 66.7 Å². The van der Waals surface area contributed by atoms with E-state index < -0.39 is 0 Å². The van der Waals surface area contributed by atoms with E-state index in [1.54, 1.807) is 0 Å². The Hall–Kier alpha value is -2.38. The summed E-state index contributed by atoms with van der Waals surface area (Å²) in [7, 11) is 4.31. The van der Waals surface area contributed by atoms with Crippen LogP contribution in [0.15, 0.2) is 35.3 Å². The third-order valence-electron chi connectivity index (χ3n) is 5.94. The van der Waals surface area contributed by atoms with Crippen molar-refractivity contribution < 1.29 is 4.74 Å². The Balaban J connectivity index is 1.76. The maximum absolute atomic E-state index is 5.59. The molecule has 1 aromatic carbocycles. The number of aromatic nitrogens is 2. The molecule has 0 aliphatic carbocycles. The van der Waals surface area contributed by atoms with Crippen LogP contribution in [0.1, 0.15) is 36.7 Å². The molecule has 0 radical (unpaired) electrons. The highest BCUT2D eigenvalue weighted by Crippen LogP contribution is 2.25. The largest absolute Gasteiger partial charge is 0.381 e. The van der Waals surface area contributed by atoms with Crippen molar-refractivity contribution >= 4 is 5.96 Å². The Bertz CT molecular complexity index is 851. The summed E-state index contributed by atoms with van der Waals surface area (Å²) in [5, 5.41) is 11.6. The monoisotopic (exact) mass is 412 g/mol. The van der Waals surface area contributed by atoms with Crippen molar-refractivity contribution in [3.8, 4) is 5.69 Å². The van der Waals surface area contributed by atoms with Crippen molar-refractivity contribution in [1.29, 1.82) is 0 Å². The average molecular weight is 413 g/mol. The molecule has 1 aromatic heterocycles. The summed E-state index contributed by atoms with van der Waals surface area (Å²) < 4.78 is 7.60. The molecular formula is C23H36N6O. The number of hydrogen-bond donors (Lipinski definition) is 2. The summed E-state index contributed by atoms with van der Waals surface area (Å²) in [5.74, 6) is 0.841. The van der Waals surface area contributed by atoms with Gasteiger partial charge in [0.15, 0.2) is 5.96 Å². The maximum Gasteiger partial charge on any atom is 0.191 e. The van der Waals surface area contributed by atoms with Gasteiger partial charge in [0.2, 0.25) is 0 Å². The highest BCUT2D eigenvalue weighted by Gasteiger charge is 2.34. The normalized spacial score (nSPS) is 16.7. The van der Waals surface area contributed by atoms with Gasteiger partial charge in [-0.1, -0.05) is 18.2 Å². The second-order valence-electron chi connectivity index (χ2n) is 8.25. The predicted octanol–water partition coefficient (Wildman–Crippen LogP) is 2.66. The van der Waals surface area contributed by atoms with E-state index in [-0.39, 0.29) is 5.54 Å². The molecule has 30 heavy (non-hydrogen) atoms. The number of likely N-dealkylation sites (N-methyl/N-ethyl adjacent to an activating group) is 1. The van der Waals surface area contributed by atoms with Crippen molar-refractivity contribution in [2.24, 2.45) is 4.99 Å². The van der Waals surface area contributed by atoms with E-state index in [1.807, 2.05) is 11.6 Å². The minimum Gasteiger partial charge on any atom is -0.381 e. The van der Waals surface area contributed by atoms with Gasteiger partial charge in [-0.3, -0.25) is 0 Å². The van der Waals surface area contributed by atoms with Gasteiger partial charge in [0.1, 0.15) is 0 Å². The van der Waals surface area contributed by atoms with Crippen LogP contribution in [0.3, 0.4) is 0 Å². The van der Waals surface area contributed by atoms with Gasteiger partial charge >= 0.3 is 0 Å². The standard InChI is InChI=1S/C23H36N6O/c1-6-24-22(26-17-23(28(4)5)11-13-30-14-12-23)25-16-20-9-7-8-10-21(20)29-19(3)15-18(2)27-29/h7-10,15H,6,11-14,16-17H2,1-5H3,(H2,24,25,26). The lowest BCUT2D eigenvalue weighted by molar-refractivity contribution is -0.00501. The van der Waals surface area contributed by atoms with E-state index in [0.29, 0.717) is 6.54 Å². The number of nitrogens with one attached hydrogen (secondary N) is 2. The third kappa shape index (κ3) is 5.21. The highest BCUT2D eigenvalue weighted by molar-refractivity contribution is 5.79. The van der Waals surface area contributed by atoms with E-state index in [0.717, 1.165) is 67.7 Å². The molecule has 2 N–H and O–H groups in total. The van der Waals surface area contributed by atoms with Crippen LogP contribution in [0.4, 0.5) is 0 Å². The zero-order valence-electron chi connectivity index (χ0n) is 19.0. The fraction of sp³-hybridized carbons (Fsp3) is 0.565. The van der Waals surface area contributed by atoms with Gasteiger partial charge in [0.05, 0.1) is 17.9 Å². The highest BCUT2D eigenvalue weighted by atomic mass is 16.5. The lowest BCUT2D eigenvalue weighted by Gasteiger charge is -2.43. The molecule has 2 aromatic rings. The lowest BCUT2D eigenvalue weighted by Crippen LogP contribution is -2.57. The van der Waals surface area contributed by atoms with Crippen molar-refractivity contribution in [2.75, 3.05) is 40.4 Å². The minimum atomic E-state index is 0.0933. The molecule has 1 aliphatic rings. The lowest BCUT2D eigenvalue weighted by atomic mass is 9.88. The minimum absolute atomic E-state index is 0.0933. The molecule has 0 bridgehead atoms. The first kappa shape index (κ1) is 22.3. The van der Waals surface area contributed by atoms with Gasteiger partial charge in [-0.25, -0.2) is 9.67 Å². The maximum atomic E-state index is 5.59. The number of para-hydroxylation sites is 1. The van der Waals surface area contributed by atoms with Crippen molar-refractivity contribution in [1.82, 2.24) is 25.3 Å². The molecule has 0 spiro atoms. The average Bonchev–Trinajstić information content (AvgIpc) is 3.08. The van der Waals surface area contributed by atoms with Crippen LogP contribution in [0.2, 0.25) is 0 Å². The summed E-state index contributed by atoms with van der Waals surface area (Å²) in [5.41, 5.74) is 4.47. The van der Waals surface area contributed by atoms with Crippen LogP contribution in [0.25, 0.3) is 5.69 Å². The van der Waals surface area contributed by atoms with Crippen LogP contribution < -0.4 is 10.6 Å². The van der Waals surface area contributed by atoms with Crippen molar-refractivity contribution in [2.45, 2.75) is 45.7 Å². The van der Waals surface area contributed by atoms with Crippen molar-refractivity contribution in [3.05, 3.63) is 47.3 Å². The van der Waals surface area contributed by atoms with Crippen LogP contribution in [0.5, 0.6) is 0 Å². The van der Waals surface area contributed by atoms with E-state index in [2.05, 4.69) is 78.9 Å². The number of aliphatic imine (C=N–C) groups is 1. The molecule has 0 saturated carbocycles. The molecule has 1 saturated heterocycles. The fourth-order valence-corrected chi connectivity index (χ4v) is 4.01. The van der Waals surface area contributed by atoms with Gasteiger partial charge < -0.3 is 20.3 Å². The number of guanidine groups is 1. The zero-order valence-corrected chi connectivity index (χ0v) is 19.0. The van der Waals surface area contributed by atoms with E-state index in [1.165, 1.54) is 0 Å². The predicted molar refractivity (Wildman–Crippen MR) is 122 cm³/mol. The molecule has 1 fully saturated rings. The summed E-state index contributed by atoms with van der Waals surface area (Å²) in [6.07, 6.45) is 2.04. The molecule has 0 atom stereocenters. The Morgan fingerprint density at radius 1 is 1.20 bits per heavy atom. The Morgan fingerprint density at radius 2 is 1.93 bits per heavy atom. The Morgan fingerprint density at radius 3 is 2.57 bits per heavy atom. The van der Waals surface area contributed by atoms with Crippen LogP contribution >= 0.6 is 0 Å². The molecule has 0 amide bonds. The number of ether oxygens (including phenoxy) is 1. The first-order chi connectivity index (χ1) is 14.4. The number of nitrogens with zero attached hydrogens (tertiary/aromatic N) is 4. The summed E-state index contributed by atoms with van der Waals surface area (Å²) in [6, 6.07) is 10.4. The second-order valence-corrected chi connectivity index (χ2v) is 8.25. The Kier molecular flexibility index (Phi) is 7.50. The number of hydrogen-bond acceptors (Lipinski definition) is 4. The molecular weight excluding hydrogens is 376 g/mol. The number of rotatable bonds is 7. The van der Waals surface area contributed by atoms with Crippen LogP contribution in [-0.2, 0) is 11.3 Å². The molecule has 7 nitrogen and oxygen atoms in total. The van der Waals surface area contributed by atoms with Crippen LogP contribution in [-0.4, -0.2) is 66.6 Å². The number of benzene rings is 1. The number of aryl methyl sites for hydroxylation is 2. The van der Waals surface area contributed by atoms with Gasteiger partial charge in [-0.05, 0) is 65.4 Å². The first-order valence-corrected chi connectivity index (χ1v) is 10.8. The van der Waals surface area contributed by atoms with E-state index in [9.17, 15) is 0 Å². The first-order valence-electron chi connectivity index (χ1n) is 10.8. The molecule has 3 rings (SSSR count). The van der Waals surface area contributed by atoms with Gasteiger partial charge in [-0.15, -0.1) is 0 Å². The molecule has 7 heteroatoms. The zero-order chi connectivity index (χ0) is 21.6. The SMILES string of the molecule is CCNC(=NCc1ccccc1-n1nc(C)cc1C)NCC1(N(C)C)CCOCC1. The third-order valence-corrected chi connectivity index (χ3v) is 5.94. The summed E-state index contributed by atoms with van der Waals surface area (Å²) in [6.45, 7) is 10.1. The van der Waals surface area contributed by atoms with Crippen molar-refractivity contribution in [3.63, 3.8) is 0 Å². The van der Waals surface area contributed by atoms with Gasteiger partial charge in [0.25, 0.3) is 0 Å². The summed E-state index contributed by atoms with van der Waals surface area (Å²) in [4.78, 5) is 7.21. The van der Waals surface area contributed by atoms with Crippen LogP contribution in [0, 0.1) is 13.8 Å². The quantitative estimate of drug-likeness (QED) is 0.541. The smallest absolute Gasteiger partial charge is 0.191 e. The molecule has 2 heterocycles. The summed E-state index contributed by atoms with van der Waals surface area (Å²) >= 11 is 0. The molecule has 0 unspecified atom stereocenters. The molecule has 164 valence electrons. The second kappa shape index (κ2) is 10.1. The van der Waals surface area contributed by atoms with E-state index in [4.69, 9.17) is 9.73 Å². The van der Waals surface area contributed by atoms with Gasteiger partial charge in [0, 0.05) is 37.5 Å².